The first-order chi connectivity index (χ1) is 16.5. The summed E-state index contributed by atoms with van der Waals surface area (Å²) in [6, 6.07) is 16.2. The Morgan fingerprint density at radius 1 is 1.09 bits per heavy atom. The Kier molecular flexibility index (Phi) is 7.10. The van der Waals surface area contributed by atoms with E-state index in [1.54, 1.807) is 0 Å². The number of carboxylic acid groups (broad SMARTS) is 1. The van der Waals surface area contributed by atoms with Crippen LogP contribution in [0.3, 0.4) is 0 Å². The number of aromatic nitrogens is 7. The second-order valence-corrected chi connectivity index (χ2v) is 8.80. The third kappa shape index (κ3) is 5.19. The molecule has 0 aliphatic carbocycles. The van der Waals surface area contributed by atoms with Gasteiger partial charge in [0.2, 0.25) is 5.82 Å². The molecular formula is C25H29N7O2. The zero-order valence-electron chi connectivity index (χ0n) is 19.6. The Balaban J connectivity index is 1.61. The van der Waals surface area contributed by atoms with Crippen LogP contribution in [0.15, 0.2) is 48.5 Å². The Morgan fingerprint density at radius 2 is 1.82 bits per heavy atom. The van der Waals surface area contributed by atoms with Crippen LogP contribution < -0.4 is 0 Å². The molecule has 34 heavy (non-hydrogen) atoms. The van der Waals surface area contributed by atoms with Gasteiger partial charge in [-0.2, -0.15) is 10.3 Å². The number of carbonyl (C=O) groups is 1. The summed E-state index contributed by atoms with van der Waals surface area (Å²) in [6.45, 7) is 6.74. The molecule has 1 atom stereocenters. The molecule has 0 bridgehead atoms. The first-order valence-corrected chi connectivity index (χ1v) is 11.5. The number of H-pyrrole nitrogens is 1. The lowest BCUT2D eigenvalue weighted by Crippen LogP contribution is -2.13. The Labute approximate surface area is 198 Å². The fraction of sp³-hybridized carbons (Fsp3) is 0.360. The van der Waals surface area contributed by atoms with Gasteiger partial charge < -0.3 is 5.11 Å². The van der Waals surface area contributed by atoms with Crippen LogP contribution >= 0.6 is 0 Å². The summed E-state index contributed by atoms with van der Waals surface area (Å²) in [5, 5.41) is 28.7. The zero-order valence-corrected chi connectivity index (χ0v) is 19.6. The molecule has 0 aliphatic heterocycles. The van der Waals surface area contributed by atoms with Crippen molar-refractivity contribution in [2.45, 2.75) is 52.5 Å². The van der Waals surface area contributed by atoms with Crippen LogP contribution in [0, 0.1) is 5.92 Å². The highest BCUT2D eigenvalue weighted by molar-refractivity contribution is 5.80. The summed E-state index contributed by atoms with van der Waals surface area (Å²) in [7, 11) is 0. The maximum atomic E-state index is 11.8. The van der Waals surface area contributed by atoms with Gasteiger partial charge in [0.05, 0.1) is 6.54 Å². The molecule has 0 amide bonds. The van der Waals surface area contributed by atoms with Crippen molar-refractivity contribution in [3.63, 3.8) is 0 Å². The van der Waals surface area contributed by atoms with E-state index >= 15 is 0 Å². The first-order valence-electron chi connectivity index (χ1n) is 11.5. The number of benzene rings is 2. The zero-order chi connectivity index (χ0) is 24.1. The molecule has 1 unspecified atom stereocenters. The van der Waals surface area contributed by atoms with Gasteiger partial charge in [-0.1, -0.05) is 75.7 Å². The largest absolute Gasteiger partial charge is 0.481 e. The summed E-state index contributed by atoms with van der Waals surface area (Å²) in [5.41, 5.74) is 4.02. The summed E-state index contributed by atoms with van der Waals surface area (Å²) in [4.78, 5) is 16.4. The van der Waals surface area contributed by atoms with Gasteiger partial charge in [-0.15, -0.1) is 10.2 Å². The normalized spacial score (nSPS) is 12.2. The fourth-order valence-corrected chi connectivity index (χ4v) is 4.00. The third-order valence-electron chi connectivity index (χ3n) is 5.65. The quantitative estimate of drug-likeness (QED) is 0.362. The van der Waals surface area contributed by atoms with E-state index in [0.717, 1.165) is 40.9 Å². The van der Waals surface area contributed by atoms with E-state index in [9.17, 15) is 9.90 Å². The number of carboxylic acids is 1. The minimum Gasteiger partial charge on any atom is -0.481 e. The average molecular weight is 460 g/mol. The minimum atomic E-state index is -0.875. The molecule has 2 heterocycles. The number of hydrogen-bond acceptors (Lipinski definition) is 6. The molecule has 2 aromatic carbocycles. The Hall–Kier alpha value is -3.88. The summed E-state index contributed by atoms with van der Waals surface area (Å²) >= 11 is 0. The standard InChI is InChI=1S/C25H29N7O2/c1-4-7-21(25(33)34)23-26-22(14-16(2)3)32(29-23)15-17-10-12-18(13-11-17)19-8-5-6-9-20(19)24-27-30-31-28-24/h5-6,8-13,16,21H,4,7,14-15H2,1-3H3,(H,33,34)(H,27,28,30,31). The van der Waals surface area contributed by atoms with Crippen LogP contribution in [-0.4, -0.2) is 46.5 Å². The SMILES string of the molecule is CCCC(C(=O)O)c1nc(CC(C)C)n(Cc2ccc(-c3ccccc3-c3nn[nH]n3)cc2)n1. The molecule has 2 N–H and O–H groups in total. The molecule has 9 nitrogen and oxygen atoms in total. The van der Waals surface area contributed by atoms with Gasteiger partial charge in [0.25, 0.3) is 0 Å². The van der Waals surface area contributed by atoms with Gasteiger partial charge in [0.15, 0.2) is 5.82 Å². The molecular weight excluding hydrogens is 430 g/mol. The van der Waals surface area contributed by atoms with Crippen molar-refractivity contribution in [3.05, 3.63) is 65.7 Å². The van der Waals surface area contributed by atoms with Crippen molar-refractivity contribution in [1.82, 2.24) is 35.4 Å². The number of nitrogens with one attached hydrogen (secondary N) is 1. The number of aliphatic carboxylic acids is 1. The van der Waals surface area contributed by atoms with E-state index in [0.29, 0.717) is 30.5 Å². The maximum Gasteiger partial charge on any atom is 0.314 e. The summed E-state index contributed by atoms with van der Waals surface area (Å²) < 4.78 is 1.85. The van der Waals surface area contributed by atoms with E-state index in [4.69, 9.17) is 0 Å². The summed E-state index contributed by atoms with van der Waals surface area (Å²) in [6.07, 6.45) is 2.02. The first kappa shape index (κ1) is 23.3. The molecule has 9 heteroatoms. The molecule has 4 aromatic rings. The van der Waals surface area contributed by atoms with Crippen molar-refractivity contribution in [2.75, 3.05) is 0 Å². The van der Waals surface area contributed by atoms with Crippen LogP contribution in [0.4, 0.5) is 0 Å². The van der Waals surface area contributed by atoms with Crippen LogP contribution in [0.1, 0.15) is 56.7 Å². The molecule has 2 aromatic heterocycles. The molecule has 176 valence electrons. The van der Waals surface area contributed by atoms with E-state index in [-0.39, 0.29) is 0 Å². The number of nitrogens with zero attached hydrogens (tertiary/aromatic N) is 6. The van der Waals surface area contributed by atoms with Gasteiger partial charge >= 0.3 is 5.97 Å². The number of tetrazole rings is 1. The van der Waals surface area contributed by atoms with Gasteiger partial charge in [-0.25, -0.2) is 9.67 Å². The predicted octanol–water partition coefficient (Wildman–Crippen LogP) is 4.34. The maximum absolute atomic E-state index is 11.8. The average Bonchev–Trinajstić information content (AvgIpc) is 3.48. The topological polar surface area (TPSA) is 122 Å². The highest BCUT2D eigenvalue weighted by atomic mass is 16.4. The minimum absolute atomic E-state index is 0.384. The number of hydrogen-bond donors (Lipinski definition) is 2. The van der Waals surface area contributed by atoms with Crippen LogP contribution in [0.25, 0.3) is 22.5 Å². The van der Waals surface area contributed by atoms with Crippen LogP contribution in [0.2, 0.25) is 0 Å². The monoisotopic (exact) mass is 459 g/mol. The van der Waals surface area contributed by atoms with Gasteiger partial charge in [0.1, 0.15) is 11.7 Å². The molecule has 0 saturated heterocycles. The van der Waals surface area contributed by atoms with E-state index in [1.807, 2.05) is 35.9 Å². The summed E-state index contributed by atoms with van der Waals surface area (Å²) in [5.74, 6) is 0.595. The van der Waals surface area contributed by atoms with Crippen molar-refractivity contribution in [3.8, 4) is 22.5 Å². The Morgan fingerprint density at radius 3 is 2.44 bits per heavy atom. The number of rotatable bonds is 10. The number of aromatic amines is 1. The van der Waals surface area contributed by atoms with Crippen molar-refractivity contribution in [1.29, 1.82) is 0 Å². The van der Waals surface area contributed by atoms with Crippen LogP contribution in [0.5, 0.6) is 0 Å². The van der Waals surface area contributed by atoms with Gasteiger partial charge in [-0.3, -0.25) is 4.79 Å². The third-order valence-corrected chi connectivity index (χ3v) is 5.65. The molecule has 0 aliphatic rings. The highest BCUT2D eigenvalue weighted by Gasteiger charge is 2.25. The molecule has 0 radical (unpaired) electrons. The molecule has 0 spiro atoms. The molecule has 4 rings (SSSR count). The lowest BCUT2D eigenvalue weighted by Gasteiger charge is -2.10. The van der Waals surface area contributed by atoms with Gasteiger partial charge in [-0.05, 0) is 34.2 Å². The van der Waals surface area contributed by atoms with Crippen molar-refractivity contribution in [2.24, 2.45) is 5.92 Å². The molecule has 0 fully saturated rings. The Bertz CT molecular complexity index is 1230. The molecule has 0 saturated carbocycles. The van der Waals surface area contributed by atoms with Crippen molar-refractivity contribution >= 4 is 5.97 Å². The smallest absolute Gasteiger partial charge is 0.314 e. The lowest BCUT2D eigenvalue weighted by molar-refractivity contribution is -0.139. The second-order valence-electron chi connectivity index (χ2n) is 8.80. The van der Waals surface area contributed by atoms with Crippen LogP contribution in [-0.2, 0) is 17.8 Å². The van der Waals surface area contributed by atoms with Crippen molar-refractivity contribution < 1.29 is 9.90 Å². The van der Waals surface area contributed by atoms with E-state index < -0.39 is 11.9 Å². The van der Waals surface area contributed by atoms with E-state index in [1.165, 1.54) is 0 Å². The fourth-order valence-electron chi connectivity index (χ4n) is 4.00. The second kappa shape index (κ2) is 10.4. The highest BCUT2D eigenvalue weighted by Crippen LogP contribution is 2.30. The van der Waals surface area contributed by atoms with E-state index in [2.05, 4.69) is 68.8 Å². The predicted molar refractivity (Wildman–Crippen MR) is 128 cm³/mol. The lowest BCUT2D eigenvalue weighted by atomic mass is 9.98. The van der Waals surface area contributed by atoms with Gasteiger partial charge in [0, 0.05) is 12.0 Å².